The second-order valence-corrected chi connectivity index (χ2v) is 6.70. The van der Waals surface area contributed by atoms with E-state index in [1.54, 1.807) is 0 Å². The van der Waals surface area contributed by atoms with Crippen LogP contribution in [0, 0.1) is 5.92 Å². The van der Waals surface area contributed by atoms with Crippen molar-refractivity contribution in [1.82, 2.24) is 10.6 Å². The Balaban J connectivity index is 1.69. The van der Waals surface area contributed by atoms with Crippen LogP contribution in [0.3, 0.4) is 0 Å². The maximum Gasteiger partial charge on any atom is 0.228 e. The molecule has 0 aromatic heterocycles. The minimum atomic E-state index is -0.0905. The second-order valence-electron chi connectivity index (χ2n) is 6.70. The Labute approximate surface area is 144 Å². The highest BCUT2D eigenvalue weighted by Gasteiger charge is 2.25. The minimum absolute atomic E-state index is 0.0905. The molecule has 3 heteroatoms. The second kappa shape index (κ2) is 7.63. The van der Waals surface area contributed by atoms with E-state index in [0.717, 1.165) is 25.1 Å². The monoisotopic (exact) mass is 322 g/mol. The Morgan fingerprint density at radius 2 is 1.88 bits per heavy atom. The van der Waals surface area contributed by atoms with Crippen LogP contribution in [0.2, 0.25) is 0 Å². The van der Waals surface area contributed by atoms with E-state index in [2.05, 4.69) is 54.8 Å². The summed E-state index contributed by atoms with van der Waals surface area (Å²) in [6.45, 7) is 6.76. The molecule has 2 N–H and O–H groups in total. The summed E-state index contributed by atoms with van der Waals surface area (Å²) in [5, 5.41) is 6.50. The van der Waals surface area contributed by atoms with Crippen molar-refractivity contribution in [3.63, 3.8) is 0 Å². The van der Waals surface area contributed by atoms with Crippen LogP contribution in [0.5, 0.6) is 0 Å². The summed E-state index contributed by atoms with van der Waals surface area (Å²) in [6, 6.07) is 16.6. The molecule has 3 rings (SSSR count). The molecule has 1 heterocycles. The van der Waals surface area contributed by atoms with Crippen molar-refractivity contribution in [2.75, 3.05) is 0 Å². The van der Waals surface area contributed by atoms with Crippen molar-refractivity contribution in [3.8, 4) is 0 Å². The van der Waals surface area contributed by atoms with Gasteiger partial charge in [-0.2, -0.15) is 0 Å². The van der Waals surface area contributed by atoms with Gasteiger partial charge in [0.05, 0.1) is 5.92 Å². The summed E-state index contributed by atoms with van der Waals surface area (Å²) in [5.41, 5.74) is 4.99. The Morgan fingerprint density at radius 3 is 2.62 bits per heavy atom. The Bertz CT molecular complexity index is 696. The molecule has 0 aliphatic carbocycles. The lowest BCUT2D eigenvalue weighted by atomic mass is 9.85. The third kappa shape index (κ3) is 3.68. The van der Waals surface area contributed by atoms with Crippen molar-refractivity contribution in [3.05, 3.63) is 70.8 Å². The highest BCUT2D eigenvalue weighted by atomic mass is 16.1. The predicted octanol–water partition coefficient (Wildman–Crippen LogP) is 3.74. The number of hydrogen-bond acceptors (Lipinski definition) is 2. The lowest BCUT2D eigenvalue weighted by Gasteiger charge is -2.23. The molecule has 1 aliphatic heterocycles. The largest absolute Gasteiger partial charge is 0.351 e. The molecule has 0 saturated carbocycles. The van der Waals surface area contributed by atoms with E-state index < -0.39 is 0 Å². The number of carbonyl (C=O) groups is 1. The number of rotatable bonds is 6. The minimum Gasteiger partial charge on any atom is -0.351 e. The van der Waals surface area contributed by atoms with Gasteiger partial charge >= 0.3 is 0 Å². The standard InChI is InChI=1S/C21H26N2O/c1-3-15(2)20(17-7-5-4-6-8-17)21(24)23-12-16-9-10-18-13-22-14-19(18)11-16/h4-11,15,20,22H,3,12-14H2,1-2H3,(H,23,24). The van der Waals surface area contributed by atoms with Gasteiger partial charge in [0.15, 0.2) is 0 Å². The number of hydrogen-bond donors (Lipinski definition) is 2. The zero-order valence-corrected chi connectivity index (χ0v) is 14.5. The Hall–Kier alpha value is -2.13. The average molecular weight is 322 g/mol. The molecule has 0 fully saturated rings. The molecule has 2 unspecified atom stereocenters. The first kappa shape index (κ1) is 16.7. The molecule has 24 heavy (non-hydrogen) atoms. The van der Waals surface area contributed by atoms with Crippen LogP contribution in [0.1, 0.15) is 48.4 Å². The quantitative estimate of drug-likeness (QED) is 0.851. The highest BCUT2D eigenvalue weighted by Crippen LogP contribution is 2.27. The van der Waals surface area contributed by atoms with Crippen molar-refractivity contribution in [1.29, 1.82) is 0 Å². The molecule has 1 aliphatic rings. The molecule has 2 aromatic rings. The number of amides is 1. The van der Waals surface area contributed by atoms with E-state index in [4.69, 9.17) is 0 Å². The molecular weight excluding hydrogens is 296 g/mol. The Kier molecular flexibility index (Phi) is 5.31. The topological polar surface area (TPSA) is 41.1 Å². The van der Waals surface area contributed by atoms with Crippen molar-refractivity contribution in [2.24, 2.45) is 5.92 Å². The summed E-state index contributed by atoms with van der Waals surface area (Å²) in [6.07, 6.45) is 0.984. The average Bonchev–Trinajstić information content (AvgIpc) is 3.08. The van der Waals surface area contributed by atoms with Crippen molar-refractivity contribution in [2.45, 2.75) is 45.8 Å². The van der Waals surface area contributed by atoms with Crippen LogP contribution in [-0.2, 0) is 24.4 Å². The fraction of sp³-hybridized carbons (Fsp3) is 0.381. The van der Waals surface area contributed by atoms with Crippen LogP contribution >= 0.6 is 0 Å². The van der Waals surface area contributed by atoms with Gasteiger partial charge in [-0.15, -0.1) is 0 Å². The van der Waals surface area contributed by atoms with E-state index in [9.17, 15) is 4.79 Å². The molecule has 0 radical (unpaired) electrons. The fourth-order valence-electron chi connectivity index (χ4n) is 3.39. The summed E-state index contributed by atoms with van der Waals surface area (Å²) in [5.74, 6) is 0.345. The zero-order chi connectivity index (χ0) is 16.9. The van der Waals surface area contributed by atoms with Crippen LogP contribution in [0.15, 0.2) is 48.5 Å². The fourth-order valence-corrected chi connectivity index (χ4v) is 3.39. The third-order valence-corrected chi connectivity index (χ3v) is 5.02. The van der Waals surface area contributed by atoms with Crippen LogP contribution in [0.25, 0.3) is 0 Å². The molecule has 0 bridgehead atoms. The van der Waals surface area contributed by atoms with Crippen LogP contribution in [0.4, 0.5) is 0 Å². The molecule has 126 valence electrons. The maximum atomic E-state index is 12.8. The molecule has 0 spiro atoms. The normalized spacial score (nSPS) is 15.6. The van der Waals surface area contributed by atoms with Gasteiger partial charge in [-0.1, -0.05) is 68.8 Å². The predicted molar refractivity (Wildman–Crippen MR) is 97.5 cm³/mol. The van der Waals surface area contributed by atoms with E-state index in [-0.39, 0.29) is 11.8 Å². The van der Waals surface area contributed by atoms with Crippen molar-refractivity contribution >= 4 is 5.91 Å². The van der Waals surface area contributed by atoms with Gasteiger partial charge in [0.1, 0.15) is 0 Å². The van der Waals surface area contributed by atoms with Gasteiger partial charge in [0.2, 0.25) is 5.91 Å². The molecule has 3 nitrogen and oxygen atoms in total. The van der Waals surface area contributed by atoms with E-state index in [1.165, 1.54) is 16.7 Å². The van der Waals surface area contributed by atoms with Gasteiger partial charge in [-0.3, -0.25) is 4.79 Å². The summed E-state index contributed by atoms with van der Waals surface area (Å²) in [7, 11) is 0. The summed E-state index contributed by atoms with van der Waals surface area (Å²) in [4.78, 5) is 12.8. The van der Waals surface area contributed by atoms with Gasteiger partial charge in [0, 0.05) is 19.6 Å². The molecule has 2 aromatic carbocycles. The van der Waals surface area contributed by atoms with Gasteiger partial charge in [-0.05, 0) is 28.2 Å². The summed E-state index contributed by atoms with van der Waals surface area (Å²) < 4.78 is 0. The van der Waals surface area contributed by atoms with Crippen LogP contribution in [-0.4, -0.2) is 5.91 Å². The van der Waals surface area contributed by atoms with Gasteiger partial charge in [-0.25, -0.2) is 0 Å². The first-order valence-corrected chi connectivity index (χ1v) is 8.83. The van der Waals surface area contributed by atoms with Gasteiger partial charge in [0.25, 0.3) is 0 Å². The molecular formula is C21H26N2O. The highest BCUT2D eigenvalue weighted by molar-refractivity contribution is 5.83. The molecule has 0 saturated heterocycles. The number of carbonyl (C=O) groups excluding carboxylic acids is 1. The SMILES string of the molecule is CCC(C)C(C(=O)NCc1ccc2c(c1)CNC2)c1ccccc1. The maximum absolute atomic E-state index is 12.8. The lowest BCUT2D eigenvalue weighted by molar-refractivity contribution is -0.123. The van der Waals surface area contributed by atoms with E-state index in [1.807, 2.05) is 18.2 Å². The lowest BCUT2D eigenvalue weighted by Crippen LogP contribution is -2.32. The molecule has 1 amide bonds. The van der Waals surface area contributed by atoms with Crippen molar-refractivity contribution < 1.29 is 4.79 Å². The number of nitrogens with one attached hydrogen (secondary N) is 2. The van der Waals surface area contributed by atoms with E-state index in [0.29, 0.717) is 12.5 Å². The first-order valence-electron chi connectivity index (χ1n) is 8.83. The Morgan fingerprint density at radius 1 is 1.12 bits per heavy atom. The smallest absolute Gasteiger partial charge is 0.228 e. The zero-order valence-electron chi connectivity index (χ0n) is 14.5. The number of benzene rings is 2. The van der Waals surface area contributed by atoms with E-state index >= 15 is 0 Å². The number of fused-ring (bicyclic) bond motifs is 1. The first-order chi connectivity index (χ1) is 11.7. The van der Waals surface area contributed by atoms with Crippen LogP contribution < -0.4 is 10.6 Å². The van der Waals surface area contributed by atoms with Gasteiger partial charge < -0.3 is 10.6 Å². The molecule has 2 atom stereocenters. The summed E-state index contributed by atoms with van der Waals surface area (Å²) >= 11 is 0. The third-order valence-electron chi connectivity index (χ3n) is 5.02.